The molecule has 0 amide bonds. The standard InChI is InChI=1S/C15H20ClNO.C14H19ClFN/c1-10(2)14(18)13(15(17)7-8-15)9-11-3-5-12(16)6-4-11;1-9(2)10(3)12(8-17)6-11-4-5-13(15)14(16)7-11/h3-6,10,13H,7-9,17H2,1-2H3;4-5,7,9,12H,3,6,8,17H2,1-2H3. The molecule has 1 aliphatic carbocycles. The number of Topliss-reactive ketones (excluding diaryl/α,β-unsaturated/α-hetero) is 1. The maximum atomic E-state index is 13.3. The van der Waals surface area contributed by atoms with Crippen molar-refractivity contribution in [2.24, 2.45) is 35.1 Å². The molecule has 2 aromatic rings. The van der Waals surface area contributed by atoms with E-state index in [9.17, 15) is 9.18 Å². The molecule has 0 radical (unpaired) electrons. The van der Waals surface area contributed by atoms with Crippen LogP contribution in [0, 0.1) is 29.5 Å². The van der Waals surface area contributed by atoms with E-state index in [1.807, 2.05) is 44.2 Å². The van der Waals surface area contributed by atoms with Crippen molar-refractivity contribution < 1.29 is 9.18 Å². The number of hydrogen-bond donors (Lipinski definition) is 2. The first-order valence-electron chi connectivity index (χ1n) is 12.3. The molecule has 192 valence electrons. The molecule has 3 rings (SSSR count). The smallest absolute Gasteiger partial charge is 0.142 e. The molecule has 6 heteroatoms. The van der Waals surface area contributed by atoms with Gasteiger partial charge in [-0.2, -0.15) is 0 Å². The van der Waals surface area contributed by atoms with Gasteiger partial charge in [-0.15, -0.1) is 0 Å². The molecule has 3 nitrogen and oxygen atoms in total. The van der Waals surface area contributed by atoms with Gasteiger partial charge in [-0.1, -0.05) is 81.2 Å². The highest BCUT2D eigenvalue weighted by atomic mass is 35.5. The van der Waals surface area contributed by atoms with Crippen molar-refractivity contribution in [3.8, 4) is 0 Å². The van der Waals surface area contributed by atoms with Gasteiger partial charge in [0.1, 0.15) is 11.6 Å². The molecule has 0 spiro atoms. The number of halogens is 3. The van der Waals surface area contributed by atoms with Crippen LogP contribution in [0.15, 0.2) is 54.6 Å². The van der Waals surface area contributed by atoms with Gasteiger partial charge in [0.05, 0.1) is 5.02 Å². The molecule has 0 saturated heterocycles. The molecule has 1 saturated carbocycles. The van der Waals surface area contributed by atoms with E-state index in [0.717, 1.165) is 41.0 Å². The number of carbonyl (C=O) groups is 1. The number of hydrogen-bond acceptors (Lipinski definition) is 3. The summed E-state index contributed by atoms with van der Waals surface area (Å²) >= 11 is 11.5. The molecule has 1 fully saturated rings. The second kappa shape index (κ2) is 13.0. The van der Waals surface area contributed by atoms with Crippen LogP contribution in [0.5, 0.6) is 0 Å². The fourth-order valence-electron chi connectivity index (χ4n) is 4.13. The Morgan fingerprint density at radius 2 is 1.57 bits per heavy atom. The van der Waals surface area contributed by atoms with E-state index >= 15 is 0 Å². The first-order chi connectivity index (χ1) is 16.4. The first-order valence-corrected chi connectivity index (χ1v) is 13.0. The Kier molecular flexibility index (Phi) is 11.0. The quantitative estimate of drug-likeness (QED) is 0.330. The van der Waals surface area contributed by atoms with Crippen molar-refractivity contribution in [2.45, 2.75) is 58.9 Å². The fourth-order valence-corrected chi connectivity index (χ4v) is 4.37. The minimum Gasteiger partial charge on any atom is -0.330 e. The minimum absolute atomic E-state index is 0.0447. The number of carbonyl (C=O) groups excluding carboxylic acids is 1. The topological polar surface area (TPSA) is 69.1 Å². The summed E-state index contributed by atoms with van der Waals surface area (Å²) in [6.07, 6.45) is 3.36. The summed E-state index contributed by atoms with van der Waals surface area (Å²) in [5, 5.41) is 0.875. The van der Waals surface area contributed by atoms with Crippen molar-refractivity contribution in [3.63, 3.8) is 0 Å². The Hall–Kier alpha value is -1.72. The number of ketones is 1. The highest BCUT2D eigenvalue weighted by Crippen LogP contribution is 2.42. The highest BCUT2D eigenvalue weighted by Gasteiger charge is 2.49. The van der Waals surface area contributed by atoms with Gasteiger partial charge in [0.15, 0.2) is 0 Å². The first kappa shape index (κ1) is 29.5. The second-order valence-electron chi connectivity index (χ2n) is 10.3. The SMILES string of the molecule is C=C(C(C)C)C(CN)Cc1ccc(Cl)c(F)c1.CC(C)C(=O)C(Cc1ccc(Cl)cc1)C1(N)CC1. The molecular weight excluding hydrogens is 482 g/mol. The van der Waals surface area contributed by atoms with Crippen molar-refractivity contribution in [3.05, 3.63) is 81.6 Å². The zero-order valence-corrected chi connectivity index (χ0v) is 22.8. The summed E-state index contributed by atoms with van der Waals surface area (Å²) in [5.74, 6) is 0.471. The normalized spacial score (nSPS) is 15.9. The third-order valence-electron chi connectivity index (χ3n) is 6.80. The second-order valence-corrected chi connectivity index (χ2v) is 11.1. The third kappa shape index (κ3) is 8.71. The van der Waals surface area contributed by atoms with E-state index in [4.69, 9.17) is 34.7 Å². The zero-order chi connectivity index (χ0) is 26.3. The molecule has 0 aromatic heterocycles. The molecule has 2 aromatic carbocycles. The predicted molar refractivity (Wildman–Crippen MR) is 146 cm³/mol. The lowest BCUT2D eigenvalue weighted by Crippen LogP contribution is -2.41. The highest BCUT2D eigenvalue weighted by molar-refractivity contribution is 6.30. The summed E-state index contributed by atoms with van der Waals surface area (Å²) in [7, 11) is 0. The number of rotatable bonds is 10. The Morgan fingerprint density at radius 3 is 2.03 bits per heavy atom. The Bertz CT molecular complexity index is 1000. The monoisotopic (exact) mass is 520 g/mol. The molecule has 0 aliphatic heterocycles. The van der Waals surface area contributed by atoms with Crippen LogP contribution in [0.4, 0.5) is 4.39 Å². The average Bonchev–Trinajstić information content (AvgIpc) is 3.56. The van der Waals surface area contributed by atoms with Crippen LogP contribution in [0.2, 0.25) is 10.0 Å². The van der Waals surface area contributed by atoms with Crippen LogP contribution < -0.4 is 11.5 Å². The van der Waals surface area contributed by atoms with Crippen LogP contribution in [0.3, 0.4) is 0 Å². The lowest BCUT2D eigenvalue weighted by atomic mass is 9.83. The third-order valence-corrected chi connectivity index (χ3v) is 7.36. The molecule has 0 bridgehead atoms. The van der Waals surface area contributed by atoms with Crippen LogP contribution in [0.25, 0.3) is 0 Å². The van der Waals surface area contributed by atoms with Crippen LogP contribution in [0.1, 0.15) is 51.7 Å². The summed E-state index contributed by atoms with van der Waals surface area (Å²) in [6, 6.07) is 12.6. The summed E-state index contributed by atoms with van der Waals surface area (Å²) in [6.45, 7) is 12.7. The van der Waals surface area contributed by atoms with Crippen molar-refractivity contribution in [2.75, 3.05) is 6.54 Å². The summed E-state index contributed by atoms with van der Waals surface area (Å²) < 4.78 is 13.3. The van der Waals surface area contributed by atoms with Gasteiger partial charge in [-0.3, -0.25) is 4.79 Å². The zero-order valence-electron chi connectivity index (χ0n) is 21.3. The molecule has 4 N–H and O–H groups in total. The minimum atomic E-state index is -0.380. The Balaban J connectivity index is 0.000000247. The van der Waals surface area contributed by atoms with E-state index in [1.54, 1.807) is 6.07 Å². The van der Waals surface area contributed by atoms with E-state index in [2.05, 4.69) is 20.4 Å². The van der Waals surface area contributed by atoms with Gasteiger partial charge < -0.3 is 11.5 Å². The van der Waals surface area contributed by atoms with E-state index in [-0.39, 0.29) is 39.9 Å². The fraction of sp³-hybridized carbons (Fsp3) is 0.483. The summed E-state index contributed by atoms with van der Waals surface area (Å²) in [4.78, 5) is 12.3. The van der Waals surface area contributed by atoms with Crippen LogP contribution in [-0.2, 0) is 17.6 Å². The van der Waals surface area contributed by atoms with Crippen molar-refractivity contribution in [1.29, 1.82) is 0 Å². The van der Waals surface area contributed by atoms with Crippen LogP contribution in [-0.4, -0.2) is 17.9 Å². The molecule has 2 unspecified atom stereocenters. The van der Waals surface area contributed by atoms with E-state index < -0.39 is 0 Å². The van der Waals surface area contributed by atoms with Gasteiger partial charge >= 0.3 is 0 Å². The number of nitrogens with two attached hydrogens (primary N) is 2. The van der Waals surface area contributed by atoms with Gasteiger partial charge in [0, 0.05) is 22.4 Å². The maximum absolute atomic E-state index is 13.3. The van der Waals surface area contributed by atoms with Gasteiger partial charge in [-0.25, -0.2) is 4.39 Å². The molecule has 2 atom stereocenters. The van der Waals surface area contributed by atoms with Gasteiger partial charge in [0.25, 0.3) is 0 Å². The maximum Gasteiger partial charge on any atom is 0.142 e. The Morgan fingerprint density at radius 1 is 1.00 bits per heavy atom. The van der Waals surface area contributed by atoms with E-state index in [1.165, 1.54) is 6.07 Å². The molecule has 35 heavy (non-hydrogen) atoms. The van der Waals surface area contributed by atoms with Crippen LogP contribution >= 0.6 is 23.2 Å². The number of benzene rings is 2. The van der Waals surface area contributed by atoms with Gasteiger partial charge in [-0.05, 0) is 79.5 Å². The molecule has 0 heterocycles. The molecule has 1 aliphatic rings. The lowest BCUT2D eigenvalue weighted by molar-refractivity contribution is -0.126. The molecular formula is C29H39Cl2FN2O. The summed E-state index contributed by atoms with van der Waals surface area (Å²) in [5.41, 5.74) is 14.9. The largest absolute Gasteiger partial charge is 0.330 e. The Labute approximate surface area is 220 Å². The van der Waals surface area contributed by atoms with Crippen molar-refractivity contribution >= 4 is 29.0 Å². The average molecular weight is 522 g/mol. The predicted octanol–water partition coefficient (Wildman–Crippen LogP) is 7.02. The lowest BCUT2D eigenvalue weighted by Gasteiger charge is -2.24. The van der Waals surface area contributed by atoms with E-state index in [0.29, 0.717) is 18.9 Å². The van der Waals surface area contributed by atoms with Crippen molar-refractivity contribution in [1.82, 2.24) is 0 Å². The van der Waals surface area contributed by atoms with Gasteiger partial charge in [0.2, 0.25) is 0 Å².